The Labute approximate surface area is 112 Å². The van der Waals surface area contributed by atoms with Crippen molar-refractivity contribution < 1.29 is 4.79 Å². The van der Waals surface area contributed by atoms with Gasteiger partial charge in [0.15, 0.2) is 0 Å². The van der Waals surface area contributed by atoms with E-state index in [0.717, 1.165) is 5.56 Å². The first-order chi connectivity index (χ1) is 9.22. The van der Waals surface area contributed by atoms with Gasteiger partial charge in [-0.3, -0.25) is 9.78 Å². The highest BCUT2D eigenvalue weighted by molar-refractivity contribution is 5.93. The van der Waals surface area contributed by atoms with E-state index in [1.165, 1.54) is 0 Å². The van der Waals surface area contributed by atoms with E-state index in [4.69, 9.17) is 5.73 Å². The predicted octanol–water partition coefficient (Wildman–Crippen LogP) is 2.33. The number of nitrogens with two attached hydrogens (primary N) is 1. The van der Waals surface area contributed by atoms with Crippen LogP contribution in [0.3, 0.4) is 0 Å². The second-order valence-corrected chi connectivity index (χ2v) is 4.26. The molecule has 2 aromatic rings. The Kier molecular flexibility index (Phi) is 4.13. The molecule has 0 spiro atoms. The summed E-state index contributed by atoms with van der Waals surface area (Å²) in [6.45, 7) is 3.09. The summed E-state index contributed by atoms with van der Waals surface area (Å²) < 4.78 is 0. The maximum absolute atomic E-state index is 12.3. The summed E-state index contributed by atoms with van der Waals surface area (Å²) >= 11 is 0. The van der Waals surface area contributed by atoms with Crippen LogP contribution in [0.1, 0.15) is 22.8 Å². The molecule has 19 heavy (non-hydrogen) atoms. The number of pyridine rings is 1. The molecule has 98 valence electrons. The van der Waals surface area contributed by atoms with Gasteiger partial charge in [0.05, 0.1) is 5.56 Å². The lowest BCUT2D eigenvalue weighted by molar-refractivity contribution is 0.0752. The number of carbonyl (C=O) groups excluding carboxylic acids is 1. The number of nitrogens with zero attached hydrogens (tertiary/aromatic N) is 2. The van der Waals surface area contributed by atoms with Gasteiger partial charge in [-0.15, -0.1) is 0 Å². The average Bonchev–Trinajstić information content (AvgIpc) is 2.47. The normalized spacial score (nSPS) is 10.2. The third-order valence-corrected chi connectivity index (χ3v) is 2.99. The molecule has 0 saturated carbocycles. The highest BCUT2D eigenvalue weighted by Crippen LogP contribution is 2.15. The van der Waals surface area contributed by atoms with Crippen LogP contribution in [0.2, 0.25) is 0 Å². The van der Waals surface area contributed by atoms with Crippen molar-refractivity contribution in [3.63, 3.8) is 0 Å². The van der Waals surface area contributed by atoms with Gasteiger partial charge in [0.25, 0.3) is 5.91 Å². The lowest BCUT2D eigenvalue weighted by atomic mass is 10.1. The summed E-state index contributed by atoms with van der Waals surface area (Å²) in [4.78, 5) is 18.1. The molecule has 0 saturated heterocycles. The average molecular weight is 255 g/mol. The summed E-state index contributed by atoms with van der Waals surface area (Å²) in [6.07, 6.45) is 3.24. The first kappa shape index (κ1) is 13.1. The maximum atomic E-state index is 12.3. The van der Waals surface area contributed by atoms with E-state index in [2.05, 4.69) is 4.98 Å². The number of carbonyl (C=O) groups is 1. The molecule has 0 bridgehead atoms. The molecule has 1 heterocycles. The Balaban J connectivity index is 2.17. The van der Waals surface area contributed by atoms with Crippen LogP contribution in [0.5, 0.6) is 0 Å². The number of hydrogen-bond donors (Lipinski definition) is 1. The van der Waals surface area contributed by atoms with E-state index in [-0.39, 0.29) is 5.91 Å². The molecule has 2 rings (SSSR count). The monoisotopic (exact) mass is 255 g/mol. The molecule has 1 aromatic heterocycles. The van der Waals surface area contributed by atoms with E-state index in [1.807, 2.05) is 31.2 Å². The van der Waals surface area contributed by atoms with E-state index >= 15 is 0 Å². The zero-order valence-electron chi connectivity index (χ0n) is 10.9. The largest absolute Gasteiger partial charge is 0.398 e. The molecule has 4 nitrogen and oxygen atoms in total. The quantitative estimate of drug-likeness (QED) is 0.853. The van der Waals surface area contributed by atoms with Crippen LogP contribution in [0.15, 0.2) is 48.8 Å². The van der Waals surface area contributed by atoms with Gasteiger partial charge in [-0.25, -0.2) is 0 Å². The summed E-state index contributed by atoms with van der Waals surface area (Å²) in [6, 6.07) is 11.1. The Morgan fingerprint density at radius 3 is 2.68 bits per heavy atom. The zero-order valence-corrected chi connectivity index (χ0v) is 10.9. The van der Waals surface area contributed by atoms with Gasteiger partial charge in [-0.05, 0) is 30.7 Å². The molecule has 0 aliphatic heterocycles. The molecule has 0 aliphatic rings. The minimum absolute atomic E-state index is 0.0288. The van der Waals surface area contributed by atoms with Crippen LogP contribution in [0, 0.1) is 0 Å². The number of rotatable bonds is 4. The second-order valence-electron chi connectivity index (χ2n) is 4.26. The minimum atomic E-state index is -0.0288. The number of para-hydroxylation sites is 1. The number of benzene rings is 1. The van der Waals surface area contributed by atoms with Crippen LogP contribution in [0.25, 0.3) is 0 Å². The number of nitrogen functional groups attached to an aromatic ring is 1. The highest BCUT2D eigenvalue weighted by Gasteiger charge is 2.15. The van der Waals surface area contributed by atoms with Crippen LogP contribution in [-0.4, -0.2) is 22.3 Å². The zero-order chi connectivity index (χ0) is 13.7. The maximum Gasteiger partial charge on any atom is 0.255 e. The van der Waals surface area contributed by atoms with Crippen molar-refractivity contribution in [2.75, 3.05) is 12.3 Å². The van der Waals surface area contributed by atoms with Crippen LogP contribution < -0.4 is 5.73 Å². The van der Waals surface area contributed by atoms with Crippen LogP contribution in [0.4, 0.5) is 5.69 Å². The molecule has 2 N–H and O–H groups in total. The van der Waals surface area contributed by atoms with E-state index in [1.54, 1.807) is 29.4 Å². The summed E-state index contributed by atoms with van der Waals surface area (Å²) in [7, 11) is 0. The third-order valence-electron chi connectivity index (χ3n) is 2.99. The fourth-order valence-corrected chi connectivity index (χ4v) is 1.88. The number of hydrogen-bond acceptors (Lipinski definition) is 3. The molecule has 1 aromatic carbocycles. The molecule has 0 radical (unpaired) electrons. The first-order valence-electron chi connectivity index (χ1n) is 6.25. The topological polar surface area (TPSA) is 59.2 Å². The number of anilines is 1. The fourth-order valence-electron chi connectivity index (χ4n) is 1.88. The molecule has 0 aliphatic carbocycles. The lowest BCUT2D eigenvalue weighted by Crippen LogP contribution is -2.30. The SMILES string of the molecule is CCN(Cc1ccccc1N)C(=O)c1cccnc1. The third kappa shape index (κ3) is 3.10. The van der Waals surface area contributed by atoms with Crippen molar-refractivity contribution in [3.05, 3.63) is 59.9 Å². The first-order valence-corrected chi connectivity index (χ1v) is 6.25. The van der Waals surface area contributed by atoms with Gasteiger partial charge >= 0.3 is 0 Å². The van der Waals surface area contributed by atoms with Crippen LogP contribution in [-0.2, 0) is 6.54 Å². The Morgan fingerprint density at radius 2 is 2.05 bits per heavy atom. The van der Waals surface area contributed by atoms with Gasteiger partial charge in [-0.2, -0.15) is 0 Å². The number of aromatic nitrogens is 1. The minimum Gasteiger partial charge on any atom is -0.398 e. The van der Waals surface area contributed by atoms with E-state index < -0.39 is 0 Å². The van der Waals surface area contributed by atoms with Crippen LogP contribution >= 0.6 is 0 Å². The van der Waals surface area contributed by atoms with E-state index in [9.17, 15) is 4.79 Å². The van der Waals surface area contributed by atoms with Gasteiger partial charge in [0.2, 0.25) is 0 Å². The van der Waals surface area contributed by atoms with Gasteiger partial charge < -0.3 is 10.6 Å². The molecule has 0 unspecified atom stereocenters. The Hall–Kier alpha value is -2.36. The molecule has 0 fully saturated rings. The smallest absolute Gasteiger partial charge is 0.255 e. The Bertz CT molecular complexity index is 554. The summed E-state index contributed by atoms with van der Waals surface area (Å²) in [5, 5.41) is 0. The molecule has 1 amide bonds. The summed E-state index contributed by atoms with van der Waals surface area (Å²) in [5.74, 6) is -0.0288. The van der Waals surface area contributed by atoms with Crippen molar-refractivity contribution in [1.82, 2.24) is 9.88 Å². The van der Waals surface area contributed by atoms with Gasteiger partial charge in [0.1, 0.15) is 0 Å². The Morgan fingerprint density at radius 1 is 1.26 bits per heavy atom. The van der Waals surface area contributed by atoms with Gasteiger partial charge in [0, 0.05) is 31.2 Å². The van der Waals surface area contributed by atoms with Crippen molar-refractivity contribution in [2.45, 2.75) is 13.5 Å². The van der Waals surface area contributed by atoms with E-state index in [0.29, 0.717) is 24.3 Å². The predicted molar refractivity (Wildman–Crippen MR) is 75.5 cm³/mol. The fraction of sp³-hybridized carbons (Fsp3) is 0.200. The van der Waals surface area contributed by atoms with Gasteiger partial charge in [-0.1, -0.05) is 18.2 Å². The summed E-state index contributed by atoms with van der Waals surface area (Å²) in [5.41, 5.74) is 8.18. The molecule has 0 atom stereocenters. The van der Waals surface area contributed by atoms with Crippen molar-refractivity contribution in [1.29, 1.82) is 0 Å². The van der Waals surface area contributed by atoms with Crippen molar-refractivity contribution in [2.24, 2.45) is 0 Å². The molecular weight excluding hydrogens is 238 g/mol. The standard InChI is InChI=1S/C15H17N3O/c1-2-18(11-13-6-3-4-8-14(13)16)15(19)12-7-5-9-17-10-12/h3-10H,2,11,16H2,1H3. The van der Waals surface area contributed by atoms with Crippen molar-refractivity contribution >= 4 is 11.6 Å². The second kappa shape index (κ2) is 6.00. The molecule has 4 heteroatoms. The number of amides is 1. The lowest BCUT2D eigenvalue weighted by Gasteiger charge is -2.21. The highest BCUT2D eigenvalue weighted by atomic mass is 16.2. The molecular formula is C15H17N3O. The van der Waals surface area contributed by atoms with Crippen molar-refractivity contribution in [3.8, 4) is 0 Å².